The molecule has 1 nitrogen and oxygen atoms in total. The van der Waals surface area contributed by atoms with Crippen LogP contribution in [0.15, 0.2) is 24.3 Å². The molecule has 0 aromatic heterocycles. The summed E-state index contributed by atoms with van der Waals surface area (Å²) in [7, 11) is 0. The first-order valence-electron chi connectivity index (χ1n) is 8.82. The number of fused-ring (bicyclic) bond motifs is 2. The molecule has 2 aliphatic rings. The van der Waals surface area contributed by atoms with E-state index in [0.29, 0.717) is 35.1 Å². The van der Waals surface area contributed by atoms with Gasteiger partial charge < -0.3 is 0 Å². The molecule has 0 amide bonds. The molecule has 0 saturated heterocycles. The number of carbonyl (C=O) groups is 1. The normalized spacial score (nSPS) is 16.4. The average Bonchev–Trinajstić information content (AvgIpc) is 2.62. The van der Waals surface area contributed by atoms with Crippen LogP contribution in [0.4, 0.5) is 8.78 Å². The van der Waals surface area contributed by atoms with Crippen molar-refractivity contribution in [2.75, 3.05) is 0 Å². The molecule has 0 heterocycles. The summed E-state index contributed by atoms with van der Waals surface area (Å²) < 4.78 is 28.2. The first kappa shape index (κ1) is 15.5. The van der Waals surface area contributed by atoms with Crippen molar-refractivity contribution in [3.8, 4) is 0 Å². The third-order valence-corrected chi connectivity index (χ3v) is 5.44. The van der Waals surface area contributed by atoms with E-state index in [1.807, 2.05) is 0 Å². The van der Waals surface area contributed by atoms with Gasteiger partial charge in [-0.2, -0.15) is 0 Å². The molecule has 2 aromatic carbocycles. The molecular formula is C21H20F2O. The van der Waals surface area contributed by atoms with E-state index in [1.165, 1.54) is 12.1 Å². The minimum Gasteiger partial charge on any atom is -0.289 e. The monoisotopic (exact) mass is 326 g/mol. The van der Waals surface area contributed by atoms with E-state index in [4.69, 9.17) is 0 Å². The third-order valence-electron chi connectivity index (χ3n) is 5.44. The third kappa shape index (κ3) is 2.47. The zero-order valence-corrected chi connectivity index (χ0v) is 13.6. The van der Waals surface area contributed by atoms with E-state index in [1.54, 1.807) is 12.1 Å². The number of benzene rings is 2. The Morgan fingerprint density at radius 2 is 1.00 bits per heavy atom. The zero-order chi connectivity index (χ0) is 16.7. The fourth-order valence-corrected chi connectivity index (χ4v) is 4.22. The van der Waals surface area contributed by atoms with Gasteiger partial charge in [0, 0.05) is 11.1 Å². The lowest BCUT2D eigenvalue weighted by molar-refractivity contribution is 0.103. The van der Waals surface area contributed by atoms with E-state index in [2.05, 4.69) is 0 Å². The maximum atomic E-state index is 14.1. The van der Waals surface area contributed by atoms with Gasteiger partial charge in [-0.05, 0) is 97.9 Å². The van der Waals surface area contributed by atoms with Gasteiger partial charge in [0.2, 0.25) is 0 Å². The fourth-order valence-electron chi connectivity index (χ4n) is 4.22. The maximum Gasteiger partial charge on any atom is 0.193 e. The van der Waals surface area contributed by atoms with Crippen molar-refractivity contribution < 1.29 is 13.6 Å². The highest BCUT2D eigenvalue weighted by Gasteiger charge is 2.25. The number of ketones is 1. The van der Waals surface area contributed by atoms with Gasteiger partial charge in [-0.25, -0.2) is 8.78 Å². The number of carbonyl (C=O) groups excluding carboxylic acids is 1. The van der Waals surface area contributed by atoms with Crippen molar-refractivity contribution in [1.29, 1.82) is 0 Å². The van der Waals surface area contributed by atoms with Crippen LogP contribution >= 0.6 is 0 Å². The van der Waals surface area contributed by atoms with Crippen LogP contribution in [0.5, 0.6) is 0 Å². The minimum absolute atomic E-state index is 0.0775. The van der Waals surface area contributed by atoms with Crippen molar-refractivity contribution in [3.05, 3.63) is 69.3 Å². The Morgan fingerprint density at radius 3 is 1.42 bits per heavy atom. The van der Waals surface area contributed by atoms with E-state index >= 15 is 0 Å². The number of hydrogen-bond acceptors (Lipinski definition) is 1. The summed E-state index contributed by atoms with van der Waals surface area (Å²) in [5.74, 6) is -0.490. The van der Waals surface area contributed by atoms with Crippen LogP contribution in [-0.4, -0.2) is 5.78 Å². The molecule has 0 radical (unpaired) electrons. The highest BCUT2D eigenvalue weighted by Crippen LogP contribution is 2.32. The second-order valence-electron chi connectivity index (χ2n) is 6.85. The van der Waals surface area contributed by atoms with Crippen LogP contribution in [0.2, 0.25) is 0 Å². The largest absolute Gasteiger partial charge is 0.289 e. The zero-order valence-electron chi connectivity index (χ0n) is 13.6. The molecule has 0 N–H and O–H groups in total. The first-order valence-corrected chi connectivity index (χ1v) is 8.82. The van der Waals surface area contributed by atoms with Gasteiger partial charge in [-0.15, -0.1) is 0 Å². The minimum atomic E-state index is -0.206. The topological polar surface area (TPSA) is 17.1 Å². The summed E-state index contributed by atoms with van der Waals surface area (Å²) in [5.41, 5.74) is 4.32. The fraction of sp³-hybridized carbons (Fsp3) is 0.381. The molecule has 24 heavy (non-hydrogen) atoms. The summed E-state index contributed by atoms with van der Waals surface area (Å²) in [6, 6.07) is 6.04. The standard InChI is InChI=1S/C21H20F2O/c22-19-11-9-17(13-5-1-3-7-15(13)19)21(24)18-10-12-20(23)16-8-4-2-6-14(16)18/h9-12H,1-8H2. The van der Waals surface area contributed by atoms with Crippen molar-refractivity contribution in [1.82, 2.24) is 0 Å². The first-order chi connectivity index (χ1) is 11.7. The Kier molecular flexibility index (Phi) is 3.95. The van der Waals surface area contributed by atoms with Crippen LogP contribution in [0.25, 0.3) is 0 Å². The van der Waals surface area contributed by atoms with Gasteiger partial charge >= 0.3 is 0 Å². The molecule has 0 unspecified atom stereocenters. The lowest BCUT2D eigenvalue weighted by Gasteiger charge is -2.22. The molecule has 0 saturated carbocycles. The smallest absolute Gasteiger partial charge is 0.193 e. The van der Waals surface area contributed by atoms with Crippen molar-refractivity contribution in [2.24, 2.45) is 0 Å². The quantitative estimate of drug-likeness (QED) is 0.713. The van der Waals surface area contributed by atoms with Gasteiger partial charge in [0.05, 0.1) is 0 Å². The highest BCUT2D eigenvalue weighted by molar-refractivity contribution is 6.11. The van der Waals surface area contributed by atoms with Crippen LogP contribution in [0.1, 0.15) is 63.9 Å². The van der Waals surface area contributed by atoms with Crippen LogP contribution < -0.4 is 0 Å². The Balaban J connectivity index is 1.84. The van der Waals surface area contributed by atoms with Crippen molar-refractivity contribution in [2.45, 2.75) is 51.4 Å². The van der Waals surface area contributed by atoms with Crippen LogP contribution in [-0.2, 0) is 25.7 Å². The van der Waals surface area contributed by atoms with Gasteiger partial charge in [0.25, 0.3) is 0 Å². The summed E-state index contributed by atoms with van der Waals surface area (Å²) >= 11 is 0. The number of halogens is 2. The summed E-state index contributed by atoms with van der Waals surface area (Å²) in [5, 5.41) is 0. The summed E-state index contributed by atoms with van der Waals surface area (Å²) in [6.07, 6.45) is 6.79. The molecule has 0 spiro atoms. The Morgan fingerprint density at radius 1 is 0.625 bits per heavy atom. The van der Waals surface area contributed by atoms with Crippen molar-refractivity contribution >= 4 is 5.78 Å². The number of hydrogen-bond donors (Lipinski definition) is 0. The SMILES string of the molecule is O=C(c1ccc(F)c2c1CCCC2)c1ccc(F)c2c1CCCC2. The molecule has 0 bridgehead atoms. The molecule has 0 atom stereocenters. The molecule has 4 rings (SSSR count). The highest BCUT2D eigenvalue weighted by atomic mass is 19.1. The second kappa shape index (κ2) is 6.12. The Hall–Kier alpha value is -2.03. The van der Waals surface area contributed by atoms with E-state index in [9.17, 15) is 13.6 Å². The molecule has 0 fully saturated rings. The maximum absolute atomic E-state index is 14.1. The molecule has 0 aliphatic heterocycles. The summed E-state index contributed by atoms with van der Waals surface area (Å²) in [4.78, 5) is 13.2. The lowest BCUT2D eigenvalue weighted by atomic mass is 9.82. The lowest BCUT2D eigenvalue weighted by Crippen LogP contribution is -2.17. The van der Waals surface area contributed by atoms with Gasteiger partial charge in [-0.1, -0.05) is 0 Å². The van der Waals surface area contributed by atoms with E-state index < -0.39 is 0 Å². The molecular weight excluding hydrogens is 306 g/mol. The Bertz CT molecular complexity index is 756. The second-order valence-corrected chi connectivity index (χ2v) is 6.85. The number of rotatable bonds is 2. The predicted molar refractivity (Wildman–Crippen MR) is 89.5 cm³/mol. The summed E-state index contributed by atoms with van der Waals surface area (Å²) in [6.45, 7) is 0. The average molecular weight is 326 g/mol. The molecule has 124 valence electrons. The molecule has 3 heteroatoms. The predicted octanol–water partition coefficient (Wildman–Crippen LogP) is 4.95. The van der Waals surface area contributed by atoms with Gasteiger partial charge in [-0.3, -0.25) is 4.79 Å². The molecule has 2 aromatic rings. The van der Waals surface area contributed by atoms with Crippen LogP contribution in [0, 0.1) is 11.6 Å². The van der Waals surface area contributed by atoms with E-state index in [-0.39, 0.29) is 17.4 Å². The van der Waals surface area contributed by atoms with Crippen LogP contribution in [0.3, 0.4) is 0 Å². The molecule has 2 aliphatic carbocycles. The Labute approximate surface area is 140 Å². The van der Waals surface area contributed by atoms with Gasteiger partial charge in [0.15, 0.2) is 5.78 Å². The van der Waals surface area contributed by atoms with E-state index in [0.717, 1.165) is 49.7 Å². The van der Waals surface area contributed by atoms with Gasteiger partial charge in [0.1, 0.15) is 11.6 Å². The van der Waals surface area contributed by atoms with Crippen molar-refractivity contribution in [3.63, 3.8) is 0 Å².